The summed E-state index contributed by atoms with van der Waals surface area (Å²) < 4.78 is 45.9. The van der Waals surface area contributed by atoms with Crippen LogP contribution in [0.3, 0.4) is 0 Å². The Hall–Kier alpha value is -0.440. The Morgan fingerprint density at radius 2 is 1.22 bits per heavy atom. The van der Waals surface area contributed by atoms with Gasteiger partial charge in [0.25, 0.3) is 0 Å². The topological polar surface area (TPSA) is 135 Å². The Morgan fingerprint density at radius 1 is 0.625 bits per heavy atom. The molecule has 188 valence electrons. The van der Waals surface area contributed by atoms with Crippen molar-refractivity contribution < 1.29 is 53.2 Å². The maximum atomic E-state index is 10.6. The zero-order valence-corrected chi connectivity index (χ0v) is 19.5. The van der Waals surface area contributed by atoms with Crippen molar-refractivity contribution in [3.63, 3.8) is 0 Å². The summed E-state index contributed by atoms with van der Waals surface area (Å²) >= 11 is 0. The number of hydrogen-bond acceptors (Lipinski definition) is 11. The molecule has 32 heavy (non-hydrogen) atoms. The highest BCUT2D eigenvalue weighted by atomic mass is 16.7. The first-order valence-electron chi connectivity index (χ1n) is 11.1. The molecule has 11 heteroatoms. The van der Waals surface area contributed by atoms with Crippen molar-refractivity contribution in [2.75, 3.05) is 21.3 Å². The fourth-order valence-corrected chi connectivity index (χ4v) is 4.68. The Kier molecular flexibility index (Phi) is 9.26. The zero-order chi connectivity index (χ0) is 23.6. The van der Waals surface area contributed by atoms with Crippen LogP contribution in [0.5, 0.6) is 0 Å². The first kappa shape index (κ1) is 26.2. The third-order valence-corrected chi connectivity index (χ3v) is 6.51. The highest BCUT2D eigenvalue weighted by Crippen LogP contribution is 2.33. The smallest absolute Gasteiger partial charge is 0.187 e. The van der Waals surface area contributed by atoms with Crippen molar-refractivity contribution in [2.24, 2.45) is 0 Å². The summed E-state index contributed by atoms with van der Waals surface area (Å²) in [6, 6.07) is 0. The summed E-state index contributed by atoms with van der Waals surface area (Å²) in [5.74, 6) is 0. The third-order valence-electron chi connectivity index (χ3n) is 6.51. The van der Waals surface area contributed by atoms with E-state index in [-0.39, 0.29) is 12.2 Å². The molecule has 0 aliphatic carbocycles. The van der Waals surface area contributed by atoms with E-state index in [1.807, 2.05) is 13.8 Å². The van der Waals surface area contributed by atoms with Gasteiger partial charge in [0, 0.05) is 34.2 Å². The standard InChI is InChI=1S/C21H38O11/c1-9-16(23)20(27-6)17(24)21(30-9)32-19-11(3)29-15(8-13(19)26-5)31-18-10(2)28-14(22)7-12(18)25-4/h9-24H,7-8H2,1-6H3/t9-,10-,11-,12+,13+,14?,15+,16-,17-,18-,19-,20-,21+/m1/s1. The lowest BCUT2D eigenvalue weighted by molar-refractivity contribution is -0.350. The SMILES string of the molecule is CO[C@H]1[C@@H](O)[C@H](O[C@H]2[C@@H](OC)C[C@H](O[C@H]3[C@@H](OC)CC(O)O[C@@H]3C)O[C@@H]2C)O[C@H](C)[C@H]1O. The second-order valence-electron chi connectivity index (χ2n) is 8.68. The molecule has 3 N–H and O–H groups in total. The summed E-state index contributed by atoms with van der Waals surface area (Å²) in [6.07, 6.45) is -8.01. The van der Waals surface area contributed by atoms with E-state index in [1.165, 1.54) is 7.11 Å². The lowest BCUT2D eigenvalue weighted by Gasteiger charge is -2.46. The largest absolute Gasteiger partial charge is 0.388 e. The van der Waals surface area contributed by atoms with Gasteiger partial charge in [-0.3, -0.25) is 0 Å². The van der Waals surface area contributed by atoms with Gasteiger partial charge in [-0.05, 0) is 20.8 Å². The number of aliphatic hydroxyl groups excluding tert-OH is 3. The lowest BCUT2D eigenvalue weighted by Crippen LogP contribution is -2.61. The minimum absolute atomic E-state index is 0.300. The van der Waals surface area contributed by atoms with Gasteiger partial charge >= 0.3 is 0 Å². The van der Waals surface area contributed by atoms with Gasteiger partial charge in [-0.1, -0.05) is 0 Å². The molecule has 3 heterocycles. The zero-order valence-electron chi connectivity index (χ0n) is 19.5. The molecular weight excluding hydrogens is 428 g/mol. The number of hydrogen-bond donors (Lipinski definition) is 3. The molecule has 0 aromatic heterocycles. The quantitative estimate of drug-likeness (QED) is 0.449. The van der Waals surface area contributed by atoms with Crippen molar-refractivity contribution in [3.05, 3.63) is 0 Å². The van der Waals surface area contributed by atoms with Crippen molar-refractivity contribution >= 4 is 0 Å². The van der Waals surface area contributed by atoms with Crippen LogP contribution in [0.25, 0.3) is 0 Å². The summed E-state index contributed by atoms with van der Waals surface area (Å²) in [4.78, 5) is 0. The van der Waals surface area contributed by atoms with Crippen LogP contribution in [0.2, 0.25) is 0 Å². The molecule has 0 radical (unpaired) electrons. The lowest BCUT2D eigenvalue weighted by atomic mass is 9.98. The van der Waals surface area contributed by atoms with Crippen LogP contribution in [0.4, 0.5) is 0 Å². The molecule has 3 saturated heterocycles. The predicted octanol–water partition coefficient (Wildman–Crippen LogP) is -0.469. The maximum Gasteiger partial charge on any atom is 0.187 e. The van der Waals surface area contributed by atoms with Crippen LogP contribution in [0.15, 0.2) is 0 Å². The van der Waals surface area contributed by atoms with E-state index in [9.17, 15) is 15.3 Å². The third kappa shape index (κ3) is 5.61. The molecule has 0 spiro atoms. The number of rotatable bonds is 7. The van der Waals surface area contributed by atoms with Gasteiger partial charge in [0.05, 0.1) is 30.5 Å². The first-order chi connectivity index (χ1) is 15.2. The molecule has 0 saturated carbocycles. The Balaban J connectivity index is 1.64. The molecule has 0 amide bonds. The molecule has 0 aromatic rings. The van der Waals surface area contributed by atoms with Crippen LogP contribution in [-0.2, 0) is 37.9 Å². The van der Waals surface area contributed by atoms with Gasteiger partial charge in [0.2, 0.25) is 0 Å². The predicted molar refractivity (Wildman–Crippen MR) is 109 cm³/mol. The van der Waals surface area contributed by atoms with Crippen LogP contribution < -0.4 is 0 Å². The van der Waals surface area contributed by atoms with Crippen molar-refractivity contribution in [3.8, 4) is 0 Å². The molecule has 11 nitrogen and oxygen atoms in total. The molecule has 3 aliphatic rings. The molecule has 1 unspecified atom stereocenters. The number of methoxy groups -OCH3 is 3. The summed E-state index contributed by atoms with van der Waals surface area (Å²) in [7, 11) is 4.55. The van der Waals surface area contributed by atoms with Gasteiger partial charge < -0.3 is 53.2 Å². The highest BCUT2D eigenvalue weighted by Gasteiger charge is 2.48. The van der Waals surface area contributed by atoms with Gasteiger partial charge in [-0.2, -0.15) is 0 Å². The molecule has 0 aromatic carbocycles. The van der Waals surface area contributed by atoms with Gasteiger partial charge in [0.1, 0.15) is 30.5 Å². The summed E-state index contributed by atoms with van der Waals surface area (Å²) in [5.41, 5.74) is 0. The van der Waals surface area contributed by atoms with Crippen molar-refractivity contribution in [2.45, 2.75) is 114 Å². The van der Waals surface area contributed by atoms with E-state index in [0.29, 0.717) is 12.8 Å². The Morgan fingerprint density at radius 3 is 1.84 bits per heavy atom. The minimum atomic E-state index is -1.18. The maximum absolute atomic E-state index is 10.6. The van der Waals surface area contributed by atoms with Gasteiger partial charge in [0.15, 0.2) is 18.9 Å². The number of ether oxygens (including phenoxy) is 8. The average molecular weight is 467 g/mol. The Labute approximate surface area is 188 Å². The van der Waals surface area contributed by atoms with Crippen LogP contribution in [-0.4, -0.2) is 117 Å². The second-order valence-corrected chi connectivity index (χ2v) is 8.68. The molecule has 13 atom stereocenters. The monoisotopic (exact) mass is 466 g/mol. The summed E-state index contributed by atoms with van der Waals surface area (Å²) in [6.45, 7) is 5.33. The van der Waals surface area contributed by atoms with E-state index in [4.69, 9.17) is 37.9 Å². The highest BCUT2D eigenvalue weighted by molar-refractivity contribution is 4.91. The van der Waals surface area contributed by atoms with Gasteiger partial charge in [-0.25, -0.2) is 0 Å². The molecule has 3 fully saturated rings. The molecule has 0 bridgehead atoms. The normalized spacial score (nSPS) is 50.3. The molecular formula is C21H38O11. The van der Waals surface area contributed by atoms with E-state index in [1.54, 1.807) is 21.1 Å². The summed E-state index contributed by atoms with van der Waals surface area (Å²) in [5, 5.41) is 30.6. The fourth-order valence-electron chi connectivity index (χ4n) is 4.68. The van der Waals surface area contributed by atoms with Crippen molar-refractivity contribution in [1.29, 1.82) is 0 Å². The molecule has 3 rings (SSSR count). The van der Waals surface area contributed by atoms with E-state index in [0.717, 1.165) is 0 Å². The number of aliphatic hydroxyl groups is 3. The van der Waals surface area contributed by atoms with Crippen molar-refractivity contribution in [1.82, 2.24) is 0 Å². The van der Waals surface area contributed by atoms with Crippen LogP contribution in [0.1, 0.15) is 33.6 Å². The molecule has 3 aliphatic heterocycles. The fraction of sp³-hybridized carbons (Fsp3) is 1.00. The van der Waals surface area contributed by atoms with Crippen LogP contribution >= 0.6 is 0 Å². The van der Waals surface area contributed by atoms with E-state index in [2.05, 4.69) is 0 Å². The average Bonchev–Trinajstić information content (AvgIpc) is 2.75. The minimum Gasteiger partial charge on any atom is -0.388 e. The van der Waals surface area contributed by atoms with E-state index < -0.39 is 67.7 Å². The van der Waals surface area contributed by atoms with Crippen LogP contribution in [0, 0.1) is 0 Å². The second kappa shape index (κ2) is 11.3. The van der Waals surface area contributed by atoms with Gasteiger partial charge in [-0.15, -0.1) is 0 Å². The van der Waals surface area contributed by atoms with E-state index >= 15 is 0 Å². The Bertz CT molecular complexity index is 580. The first-order valence-corrected chi connectivity index (χ1v) is 11.1.